The molecule has 0 aliphatic carbocycles. The Labute approximate surface area is 56.9 Å². The van der Waals surface area contributed by atoms with Crippen LogP contribution in [0.2, 0.25) is 0 Å². The van der Waals surface area contributed by atoms with Gasteiger partial charge in [-0.3, -0.25) is 0 Å². The van der Waals surface area contributed by atoms with Crippen molar-refractivity contribution in [2.45, 2.75) is 24.7 Å². The first-order chi connectivity index (χ1) is 4.63. The van der Waals surface area contributed by atoms with E-state index in [1.807, 2.05) is 0 Å². The highest BCUT2D eigenvalue weighted by Gasteiger charge is 2.39. The third kappa shape index (κ3) is 1.27. The largest absolute Gasteiger partial charge is 0.387 e. The van der Waals surface area contributed by atoms with Crippen molar-refractivity contribution in [3.05, 3.63) is 6.61 Å². The number of rotatable bonds is 1. The molecule has 3 N–H and O–H groups in total. The molecule has 0 spiro atoms. The molecular weight excluding hydrogens is 143 g/mol. The van der Waals surface area contributed by atoms with Gasteiger partial charge in [0, 0.05) is 0 Å². The first-order valence-electron chi connectivity index (χ1n) is 2.80. The third-order valence-electron chi connectivity index (χ3n) is 1.33. The molecule has 0 amide bonds. The summed E-state index contributed by atoms with van der Waals surface area (Å²) >= 11 is 0. The van der Waals surface area contributed by atoms with Crippen LogP contribution in [0.5, 0.6) is 0 Å². The molecule has 1 radical (unpaired) electrons. The number of halogens is 1. The third-order valence-corrected chi connectivity index (χ3v) is 1.33. The first kappa shape index (κ1) is 7.87. The second-order valence-corrected chi connectivity index (χ2v) is 2.09. The molecule has 1 aliphatic heterocycles. The molecule has 0 saturated carbocycles. The highest BCUT2D eigenvalue weighted by atomic mass is 19.1. The molecule has 4 atom stereocenters. The van der Waals surface area contributed by atoms with Crippen LogP contribution in [0.3, 0.4) is 0 Å². The van der Waals surface area contributed by atoms with Gasteiger partial charge in [-0.05, 0) is 0 Å². The number of hydrogen-bond donors (Lipinski definition) is 3. The summed E-state index contributed by atoms with van der Waals surface area (Å²) in [6.45, 7) is 0.887. The quantitative estimate of drug-likeness (QED) is 0.429. The van der Waals surface area contributed by atoms with Gasteiger partial charge >= 0.3 is 0 Å². The topological polar surface area (TPSA) is 69.9 Å². The van der Waals surface area contributed by atoms with Crippen LogP contribution in [0.1, 0.15) is 0 Å². The van der Waals surface area contributed by atoms with Crippen LogP contribution in [0.15, 0.2) is 0 Å². The number of hydrogen-bond acceptors (Lipinski definition) is 4. The Morgan fingerprint density at radius 3 is 2.30 bits per heavy atom. The number of aliphatic hydroxyl groups excluding tert-OH is 3. The lowest BCUT2D eigenvalue weighted by molar-refractivity contribution is -0.103. The van der Waals surface area contributed by atoms with Crippen LogP contribution in [0, 0.1) is 6.61 Å². The molecular formula is C5H8FO4. The minimum atomic E-state index is -2.26. The van der Waals surface area contributed by atoms with E-state index in [2.05, 4.69) is 4.74 Å². The second-order valence-electron chi connectivity index (χ2n) is 2.09. The average molecular weight is 151 g/mol. The van der Waals surface area contributed by atoms with E-state index in [1.54, 1.807) is 0 Å². The summed E-state index contributed by atoms with van der Waals surface area (Å²) < 4.78 is 16.4. The van der Waals surface area contributed by atoms with Crippen molar-refractivity contribution in [3.8, 4) is 0 Å². The predicted octanol–water partition coefficient (Wildman–Crippen LogP) is -1.44. The van der Waals surface area contributed by atoms with E-state index < -0.39 is 24.7 Å². The maximum Gasteiger partial charge on any atom is 0.225 e. The molecule has 10 heavy (non-hydrogen) atoms. The molecule has 1 fully saturated rings. The van der Waals surface area contributed by atoms with E-state index in [4.69, 9.17) is 15.3 Å². The summed E-state index contributed by atoms with van der Waals surface area (Å²) in [5.74, 6) is 0. The average Bonchev–Trinajstić information content (AvgIpc) is 2.14. The van der Waals surface area contributed by atoms with E-state index in [-0.39, 0.29) is 0 Å². The zero-order valence-corrected chi connectivity index (χ0v) is 5.01. The van der Waals surface area contributed by atoms with Gasteiger partial charge in [0.05, 0.1) is 0 Å². The molecule has 0 aromatic rings. The molecule has 5 heteroatoms. The highest BCUT2D eigenvalue weighted by Crippen LogP contribution is 2.20. The fourth-order valence-corrected chi connectivity index (χ4v) is 0.754. The van der Waals surface area contributed by atoms with Crippen molar-refractivity contribution in [2.24, 2.45) is 0 Å². The number of aliphatic hydroxyl groups is 3. The van der Waals surface area contributed by atoms with Crippen LogP contribution >= 0.6 is 0 Å². The van der Waals surface area contributed by atoms with Gasteiger partial charge in [-0.1, -0.05) is 0 Å². The first-order valence-corrected chi connectivity index (χ1v) is 2.80. The van der Waals surface area contributed by atoms with Crippen molar-refractivity contribution < 1.29 is 24.4 Å². The molecule has 0 aromatic heterocycles. The van der Waals surface area contributed by atoms with Gasteiger partial charge in [-0.2, -0.15) is 0 Å². The van der Waals surface area contributed by atoms with Gasteiger partial charge in [0.1, 0.15) is 24.9 Å². The van der Waals surface area contributed by atoms with Crippen molar-refractivity contribution in [1.29, 1.82) is 0 Å². The predicted molar refractivity (Wildman–Crippen MR) is 28.3 cm³/mol. The van der Waals surface area contributed by atoms with E-state index in [0.29, 0.717) is 0 Å². The lowest BCUT2D eigenvalue weighted by Gasteiger charge is -2.13. The summed E-state index contributed by atoms with van der Waals surface area (Å²) in [5.41, 5.74) is 0. The molecule has 59 valence electrons. The minimum absolute atomic E-state index is 0.887. The summed E-state index contributed by atoms with van der Waals surface area (Å²) in [5, 5.41) is 25.8. The van der Waals surface area contributed by atoms with Crippen LogP contribution in [-0.2, 0) is 4.74 Å². The van der Waals surface area contributed by atoms with Crippen molar-refractivity contribution in [1.82, 2.24) is 0 Å². The molecule has 1 aliphatic rings. The van der Waals surface area contributed by atoms with E-state index >= 15 is 0 Å². The SMILES string of the molecule is OC(F)[C@H]1O[CH][C@H](O)[C@@H]1O. The summed E-state index contributed by atoms with van der Waals surface area (Å²) in [4.78, 5) is 0. The van der Waals surface area contributed by atoms with Crippen LogP contribution in [0.4, 0.5) is 4.39 Å². The fraction of sp³-hybridized carbons (Fsp3) is 0.800. The van der Waals surface area contributed by atoms with Crippen molar-refractivity contribution in [3.63, 3.8) is 0 Å². The Kier molecular flexibility index (Phi) is 2.20. The molecule has 4 nitrogen and oxygen atoms in total. The minimum Gasteiger partial charge on any atom is -0.387 e. The van der Waals surface area contributed by atoms with Crippen molar-refractivity contribution >= 4 is 0 Å². The molecule has 1 rings (SSSR count). The Morgan fingerprint density at radius 2 is 2.10 bits per heavy atom. The van der Waals surface area contributed by atoms with Crippen LogP contribution < -0.4 is 0 Å². The van der Waals surface area contributed by atoms with E-state index in [0.717, 1.165) is 6.61 Å². The molecule has 0 aromatic carbocycles. The molecule has 1 saturated heterocycles. The summed E-state index contributed by atoms with van der Waals surface area (Å²) in [6.07, 6.45) is -6.20. The molecule has 0 bridgehead atoms. The van der Waals surface area contributed by atoms with Gasteiger partial charge in [-0.25, -0.2) is 4.39 Å². The lowest BCUT2D eigenvalue weighted by atomic mass is 10.1. The Balaban J connectivity index is 2.49. The van der Waals surface area contributed by atoms with Crippen molar-refractivity contribution in [2.75, 3.05) is 0 Å². The van der Waals surface area contributed by atoms with Gasteiger partial charge in [0.2, 0.25) is 6.36 Å². The summed E-state index contributed by atoms with van der Waals surface area (Å²) in [6, 6.07) is 0. The molecule has 1 unspecified atom stereocenters. The summed E-state index contributed by atoms with van der Waals surface area (Å²) in [7, 11) is 0. The van der Waals surface area contributed by atoms with Gasteiger partial charge in [0.25, 0.3) is 0 Å². The lowest BCUT2D eigenvalue weighted by Crippen LogP contribution is -2.36. The number of alkyl halides is 1. The van der Waals surface area contributed by atoms with E-state index in [9.17, 15) is 4.39 Å². The normalized spacial score (nSPS) is 43.8. The zero-order chi connectivity index (χ0) is 7.72. The van der Waals surface area contributed by atoms with Crippen LogP contribution in [0.25, 0.3) is 0 Å². The highest BCUT2D eigenvalue weighted by molar-refractivity contribution is 4.90. The Hall–Kier alpha value is -0.230. The van der Waals surface area contributed by atoms with E-state index in [1.165, 1.54) is 0 Å². The smallest absolute Gasteiger partial charge is 0.225 e. The maximum atomic E-state index is 12.0. The second kappa shape index (κ2) is 2.79. The Bertz CT molecular complexity index is 118. The van der Waals surface area contributed by atoms with Gasteiger partial charge in [0.15, 0.2) is 0 Å². The maximum absolute atomic E-state index is 12.0. The fourth-order valence-electron chi connectivity index (χ4n) is 0.754. The number of ether oxygens (including phenoxy) is 1. The standard InChI is InChI=1S/C5H8FO4/c6-5(9)4-3(8)2(7)1-10-4/h1-5,7-9H/t2-,3-,4-,5?/m0/s1. The zero-order valence-electron chi connectivity index (χ0n) is 5.01. The molecule has 1 heterocycles. The van der Waals surface area contributed by atoms with Crippen LogP contribution in [-0.4, -0.2) is 40.0 Å². The van der Waals surface area contributed by atoms with Gasteiger partial charge in [-0.15, -0.1) is 0 Å². The van der Waals surface area contributed by atoms with Gasteiger partial charge < -0.3 is 20.1 Å². The monoisotopic (exact) mass is 151 g/mol. The Morgan fingerprint density at radius 1 is 1.50 bits per heavy atom.